The quantitative estimate of drug-likeness (QED) is 0.0243. The van der Waals surface area contributed by atoms with E-state index in [2.05, 4.69) is 92.1 Å². The summed E-state index contributed by atoms with van der Waals surface area (Å²) in [5.41, 5.74) is 0. The summed E-state index contributed by atoms with van der Waals surface area (Å²) in [4.78, 5) is 23.4. The molecule has 0 heterocycles. The zero-order valence-electron chi connectivity index (χ0n) is 52.6. The summed E-state index contributed by atoms with van der Waals surface area (Å²) in [5, 5.41) is 14.0. The van der Waals surface area contributed by atoms with Crippen LogP contribution in [0.4, 0.5) is 0 Å². The number of hydrogen-bond donors (Lipinski definition) is 3. The topological polar surface area (TPSA) is 105 Å². The Hall–Kier alpha value is -2.32. The van der Waals surface area contributed by atoms with E-state index in [1.165, 1.54) is 212 Å². The van der Waals surface area contributed by atoms with Crippen molar-refractivity contribution in [3.05, 3.63) is 85.1 Å². The lowest BCUT2D eigenvalue weighted by Crippen LogP contribution is -2.45. The molecule has 0 fully saturated rings. The number of aliphatic hydroxyl groups is 1. The van der Waals surface area contributed by atoms with Gasteiger partial charge in [-0.05, 0) is 77.0 Å². The summed E-state index contributed by atoms with van der Waals surface area (Å²) in [6.45, 7) is 4.71. The molecule has 0 aliphatic carbocycles. The van der Waals surface area contributed by atoms with Gasteiger partial charge >= 0.3 is 7.82 Å². The molecule has 0 aromatic carbocycles. The van der Waals surface area contributed by atoms with Gasteiger partial charge in [-0.2, -0.15) is 0 Å². The summed E-state index contributed by atoms with van der Waals surface area (Å²) in [7, 11) is 1.56. The van der Waals surface area contributed by atoms with Gasteiger partial charge in [0.15, 0.2) is 0 Å². The number of nitrogens with zero attached hydrogens (tertiary/aromatic N) is 1. The van der Waals surface area contributed by atoms with Gasteiger partial charge in [0, 0.05) is 6.42 Å². The van der Waals surface area contributed by atoms with Gasteiger partial charge < -0.3 is 19.8 Å². The molecule has 0 aliphatic rings. The van der Waals surface area contributed by atoms with E-state index in [9.17, 15) is 19.4 Å². The molecular weight excluding hydrogens is 996 g/mol. The Morgan fingerprint density at radius 3 is 1.16 bits per heavy atom. The van der Waals surface area contributed by atoms with Crippen molar-refractivity contribution in [3.8, 4) is 0 Å². The number of likely N-dealkylation sites (N-methyl/N-ethyl adjacent to an activating group) is 1. The van der Waals surface area contributed by atoms with Gasteiger partial charge in [0.25, 0.3) is 0 Å². The van der Waals surface area contributed by atoms with Crippen LogP contribution >= 0.6 is 7.82 Å². The number of phosphoric ester groups is 1. The maximum absolute atomic E-state index is 13.0. The largest absolute Gasteiger partial charge is 0.472 e. The maximum atomic E-state index is 13.0. The van der Waals surface area contributed by atoms with Gasteiger partial charge in [-0.15, -0.1) is 0 Å². The van der Waals surface area contributed by atoms with Gasteiger partial charge in [-0.3, -0.25) is 13.8 Å². The van der Waals surface area contributed by atoms with Crippen molar-refractivity contribution in [3.63, 3.8) is 0 Å². The van der Waals surface area contributed by atoms with Crippen molar-refractivity contribution in [1.82, 2.24) is 5.32 Å². The van der Waals surface area contributed by atoms with Gasteiger partial charge in [-0.25, -0.2) is 4.57 Å². The highest BCUT2D eigenvalue weighted by atomic mass is 31.2. The van der Waals surface area contributed by atoms with E-state index < -0.39 is 20.0 Å². The third kappa shape index (κ3) is 63.1. The molecule has 0 rings (SSSR count). The Labute approximate surface area is 490 Å². The van der Waals surface area contributed by atoms with Crippen LogP contribution < -0.4 is 5.32 Å². The number of carbonyl (C=O) groups is 1. The number of allylic oxidation sites excluding steroid dienone is 13. The lowest BCUT2D eigenvalue weighted by molar-refractivity contribution is -0.870. The number of rotatable bonds is 61. The van der Waals surface area contributed by atoms with Crippen LogP contribution in [0, 0.1) is 0 Å². The second-order valence-corrected chi connectivity index (χ2v) is 25.3. The average Bonchev–Trinajstić information content (AvgIpc) is 3.42. The summed E-state index contributed by atoms with van der Waals surface area (Å²) >= 11 is 0. The monoisotopic (exact) mass is 1130 g/mol. The van der Waals surface area contributed by atoms with Crippen molar-refractivity contribution >= 4 is 13.7 Å². The van der Waals surface area contributed by atoms with Crippen LogP contribution in [0.15, 0.2) is 85.1 Å². The van der Waals surface area contributed by atoms with E-state index in [4.69, 9.17) is 9.05 Å². The van der Waals surface area contributed by atoms with Gasteiger partial charge in [0.05, 0.1) is 39.9 Å². The van der Waals surface area contributed by atoms with Crippen LogP contribution in [-0.2, 0) is 18.4 Å². The molecule has 0 saturated carbocycles. The van der Waals surface area contributed by atoms with Gasteiger partial charge in [0.2, 0.25) is 5.91 Å². The van der Waals surface area contributed by atoms with E-state index in [-0.39, 0.29) is 19.1 Å². The Kier molecular flexibility index (Phi) is 58.5. The normalized spacial score (nSPS) is 14.3. The Morgan fingerprint density at radius 1 is 0.443 bits per heavy atom. The molecule has 0 saturated heterocycles. The second kappa shape index (κ2) is 60.3. The third-order valence-corrected chi connectivity index (χ3v) is 15.8. The molecule has 1 amide bonds. The summed E-state index contributed by atoms with van der Waals surface area (Å²) in [6, 6.07) is -0.868. The number of nitrogens with one attached hydrogen (secondary N) is 1. The van der Waals surface area contributed by atoms with Crippen LogP contribution in [-0.4, -0.2) is 73.4 Å². The summed E-state index contributed by atoms with van der Waals surface area (Å²) in [5.74, 6) is -0.185. The molecule has 3 N–H and O–H groups in total. The lowest BCUT2D eigenvalue weighted by Gasteiger charge is -2.25. The van der Waals surface area contributed by atoms with Crippen LogP contribution in [0.2, 0.25) is 0 Å². The fraction of sp³-hybridized carbons (Fsp3) is 0.786. The highest BCUT2D eigenvalue weighted by molar-refractivity contribution is 7.47. The summed E-state index contributed by atoms with van der Waals surface area (Å²) in [6.07, 6.45) is 85.8. The van der Waals surface area contributed by atoms with Crippen LogP contribution in [0.5, 0.6) is 0 Å². The predicted octanol–water partition coefficient (Wildman–Crippen LogP) is 21.2. The minimum absolute atomic E-state index is 0.0547. The van der Waals surface area contributed by atoms with Gasteiger partial charge in [0.1, 0.15) is 13.2 Å². The molecule has 9 heteroatoms. The van der Waals surface area contributed by atoms with Crippen molar-refractivity contribution in [2.75, 3.05) is 40.9 Å². The highest BCUT2D eigenvalue weighted by Crippen LogP contribution is 2.43. The Balaban J connectivity index is 4.11. The van der Waals surface area contributed by atoms with Crippen molar-refractivity contribution < 1.29 is 32.9 Å². The Morgan fingerprint density at radius 2 is 0.772 bits per heavy atom. The maximum Gasteiger partial charge on any atom is 0.472 e. The first kappa shape index (κ1) is 76.7. The van der Waals surface area contributed by atoms with Crippen LogP contribution in [0.3, 0.4) is 0 Å². The minimum Gasteiger partial charge on any atom is -0.387 e. The van der Waals surface area contributed by atoms with Crippen molar-refractivity contribution in [2.45, 2.75) is 315 Å². The van der Waals surface area contributed by atoms with E-state index in [1.807, 2.05) is 27.2 Å². The lowest BCUT2D eigenvalue weighted by atomic mass is 10.0. The standard InChI is InChI=1S/C70H129N2O6P/c1-6-8-10-12-14-16-18-20-22-24-26-28-30-32-33-34-35-36-37-38-39-40-42-44-46-48-50-52-54-56-58-60-62-64-70(74)71-68(67-78-79(75,76)77-66-65-72(3,4)5)69(73)63-61-59-57-55-53-51-49-47-45-43-41-31-29-27-25-23-21-19-17-15-13-11-9-7-2/h8,10,14,16,20,22,26,28,32-33,53,55,61,63,68-69,73H,6-7,9,11-13,15,17-19,21,23-25,27,29-31,34-52,54,56-60,62,64-67H2,1-5H3,(H-,71,74,75,76)/p+1/b10-8-,16-14-,22-20-,28-26-,33-32-,55-53+,63-61+. The fourth-order valence-electron chi connectivity index (χ4n) is 9.68. The first-order valence-electron chi connectivity index (χ1n) is 33.5. The molecule has 79 heavy (non-hydrogen) atoms. The van der Waals surface area contributed by atoms with Crippen molar-refractivity contribution in [2.24, 2.45) is 0 Å². The SMILES string of the molecule is CC/C=C\C/C=C\C/C=C\C/C=C\C/C=C\CCCCCCCCCCCCCCCCCCCC(=O)NC(COP(=O)(O)OCC[N+](C)(C)C)C(O)/C=C/CC/C=C/CCCCCCCCCCCCCCCCCCCC. The van der Waals surface area contributed by atoms with Gasteiger partial charge in [-0.1, -0.05) is 304 Å². The zero-order chi connectivity index (χ0) is 57.7. The van der Waals surface area contributed by atoms with Crippen molar-refractivity contribution in [1.29, 1.82) is 0 Å². The van der Waals surface area contributed by atoms with E-state index >= 15 is 0 Å². The number of quaternary nitrogens is 1. The van der Waals surface area contributed by atoms with Crippen LogP contribution in [0.25, 0.3) is 0 Å². The molecule has 0 aliphatic heterocycles. The number of aliphatic hydroxyl groups excluding tert-OH is 1. The minimum atomic E-state index is -4.36. The molecule has 0 aromatic heterocycles. The molecule has 0 spiro atoms. The first-order chi connectivity index (χ1) is 38.5. The molecule has 3 atom stereocenters. The summed E-state index contributed by atoms with van der Waals surface area (Å²) < 4.78 is 23.8. The molecular formula is C70H130N2O6P+. The van der Waals surface area contributed by atoms with E-state index in [0.717, 1.165) is 70.6 Å². The number of unbranched alkanes of at least 4 members (excludes halogenated alkanes) is 36. The number of hydrogen-bond acceptors (Lipinski definition) is 5. The molecule has 0 bridgehead atoms. The molecule has 8 nitrogen and oxygen atoms in total. The predicted molar refractivity (Wildman–Crippen MR) is 346 cm³/mol. The second-order valence-electron chi connectivity index (χ2n) is 23.8. The molecule has 460 valence electrons. The smallest absolute Gasteiger partial charge is 0.387 e. The zero-order valence-corrected chi connectivity index (χ0v) is 53.5. The van der Waals surface area contributed by atoms with Crippen LogP contribution in [0.1, 0.15) is 303 Å². The number of carbonyl (C=O) groups excluding carboxylic acids is 1. The highest BCUT2D eigenvalue weighted by Gasteiger charge is 2.28. The average molecular weight is 1130 g/mol. The number of amides is 1. The fourth-order valence-corrected chi connectivity index (χ4v) is 10.4. The molecule has 0 aromatic rings. The first-order valence-corrected chi connectivity index (χ1v) is 35.0. The Bertz CT molecular complexity index is 1560. The molecule has 3 unspecified atom stereocenters. The van der Waals surface area contributed by atoms with E-state index in [1.54, 1.807) is 6.08 Å². The number of phosphoric acid groups is 1. The molecule has 0 radical (unpaired) electrons. The van der Waals surface area contributed by atoms with E-state index in [0.29, 0.717) is 17.4 Å². The third-order valence-electron chi connectivity index (χ3n) is 14.8.